The van der Waals surface area contributed by atoms with Gasteiger partial charge in [0.2, 0.25) is 0 Å². The highest BCUT2D eigenvalue weighted by atomic mass is 16.5. The van der Waals surface area contributed by atoms with Gasteiger partial charge >= 0.3 is 11.9 Å². The van der Waals surface area contributed by atoms with Gasteiger partial charge in [-0.25, -0.2) is 0 Å². The average Bonchev–Trinajstić information content (AvgIpc) is 3.01. The summed E-state index contributed by atoms with van der Waals surface area (Å²) in [7, 11) is 0. The zero-order valence-corrected chi connectivity index (χ0v) is 21.7. The lowest BCUT2D eigenvalue weighted by molar-refractivity contribution is -0.159. The summed E-state index contributed by atoms with van der Waals surface area (Å²) in [6.07, 6.45) is 8.79. The molecule has 9 atom stereocenters. The number of carboxylic acids is 1. The number of fused-ring (bicyclic) bond motifs is 1. The summed E-state index contributed by atoms with van der Waals surface area (Å²) in [6.45, 7) is 12.8. The summed E-state index contributed by atoms with van der Waals surface area (Å²) in [5.74, 6) is 1.37. The molecule has 3 aliphatic rings. The fourth-order valence-electron chi connectivity index (χ4n) is 8.32. The molecule has 1 N–H and O–H groups in total. The lowest BCUT2D eigenvalue weighted by Gasteiger charge is -2.55. The van der Waals surface area contributed by atoms with Crippen molar-refractivity contribution in [2.24, 2.45) is 46.3 Å². The molecule has 0 amide bonds. The van der Waals surface area contributed by atoms with Gasteiger partial charge in [0.25, 0.3) is 0 Å². The summed E-state index contributed by atoms with van der Waals surface area (Å²) in [4.78, 5) is 36.2. The molecule has 0 saturated heterocycles. The highest BCUT2D eigenvalue weighted by Crippen LogP contribution is 2.59. The van der Waals surface area contributed by atoms with Gasteiger partial charge in [-0.3, -0.25) is 14.4 Å². The first-order valence-corrected chi connectivity index (χ1v) is 13.3. The maximum Gasteiger partial charge on any atom is 0.303 e. The van der Waals surface area contributed by atoms with E-state index in [0.717, 1.165) is 51.4 Å². The van der Waals surface area contributed by atoms with Crippen molar-refractivity contribution in [3.05, 3.63) is 0 Å². The normalized spacial score (nSPS) is 41.9. The summed E-state index contributed by atoms with van der Waals surface area (Å²) in [6, 6.07) is 0. The number of hydrogen-bond acceptors (Lipinski definition) is 4. The van der Waals surface area contributed by atoms with Crippen molar-refractivity contribution in [1.82, 2.24) is 0 Å². The van der Waals surface area contributed by atoms with Crippen LogP contribution < -0.4 is 0 Å². The van der Waals surface area contributed by atoms with E-state index in [-0.39, 0.29) is 47.1 Å². The quantitative estimate of drug-likeness (QED) is 0.429. The molecule has 188 valence electrons. The van der Waals surface area contributed by atoms with Crippen molar-refractivity contribution >= 4 is 17.7 Å². The summed E-state index contributed by atoms with van der Waals surface area (Å²) in [5, 5.41) is 9.36. The second kappa shape index (κ2) is 10.1. The molecule has 5 heteroatoms. The molecule has 33 heavy (non-hydrogen) atoms. The van der Waals surface area contributed by atoms with Crippen LogP contribution in [0.5, 0.6) is 0 Å². The summed E-state index contributed by atoms with van der Waals surface area (Å²) >= 11 is 0. The Morgan fingerprint density at radius 2 is 1.91 bits per heavy atom. The molecule has 0 bridgehead atoms. The topological polar surface area (TPSA) is 80.7 Å². The number of hydrogen-bond donors (Lipinski definition) is 1. The van der Waals surface area contributed by atoms with Gasteiger partial charge in [0.1, 0.15) is 11.9 Å². The number of ketones is 1. The predicted octanol–water partition coefficient (Wildman–Crippen LogP) is 6.28. The number of carbonyl (C=O) groups excluding carboxylic acids is 2. The van der Waals surface area contributed by atoms with Crippen LogP contribution in [0.4, 0.5) is 0 Å². The van der Waals surface area contributed by atoms with E-state index in [0.29, 0.717) is 30.0 Å². The number of ether oxygens (including phenoxy) is 1. The highest BCUT2D eigenvalue weighted by Gasteiger charge is 2.55. The Morgan fingerprint density at radius 3 is 2.52 bits per heavy atom. The number of aliphatic carboxylic acids is 1. The van der Waals surface area contributed by atoms with E-state index in [1.165, 1.54) is 6.92 Å². The number of Topliss-reactive ketones (excluding diaryl/α,β-unsaturated/α-hetero) is 1. The maximum absolute atomic E-state index is 13.2. The van der Waals surface area contributed by atoms with Gasteiger partial charge < -0.3 is 9.84 Å². The average molecular weight is 463 g/mol. The van der Waals surface area contributed by atoms with Crippen LogP contribution in [-0.4, -0.2) is 28.9 Å². The Morgan fingerprint density at radius 1 is 1.21 bits per heavy atom. The minimum absolute atomic E-state index is 0.0604. The van der Waals surface area contributed by atoms with Gasteiger partial charge in [0, 0.05) is 25.7 Å². The first kappa shape index (κ1) is 26.2. The third-order valence-electron chi connectivity index (χ3n) is 10.5. The van der Waals surface area contributed by atoms with E-state index < -0.39 is 5.97 Å². The molecule has 0 spiro atoms. The molecule has 3 rings (SSSR count). The van der Waals surface area contributed by atoms with Crippen LogP contribution in [0.1, 0.15) is 106 Å². The van der Waals surface area contributed by atoms with Crippen LogP contribution in [0.25, 0.3) is 0 Å². The van der Waals surface area contributed by atoms with E-state index in [2.05, 4.69) is 34.6 Å². The number of carbonyl (C=O) groups is 3. The molecule has 5 nitrogen and oxygen atoms in total. The van der Waals surface area contributed by atoms with Crippen molar-refractivity contribution in [3.63, 3.8) is 0 Å². The minimum atomic E-state index is -0.701. The largest absolute Gasteiger partial charge is 0.481 e. The molecule has 3 saturated carbocycles. The minimum Gasteiger partial charge on any atom is -0.481 e. The highest BCUT2D eigenvalue weighted by molar-refractivity contribution is 5.82. The standard InChI is InChI=1S/C28H46O5/c1-7-22-24-16-21(33-19(4)29)11-13-28(24,6)20(15-25(22)30)10-12-27(5)18(3)8-9-23(27)17(2)14-26(31)32/h17-18,20-24H,7-16H2,1-6H3,(H,31,32)/t17-,18?,20?,21-,22-,23-,24?,27+,28-/m1/s1. The van der Waals surface area contributed by atoms with Crippen LogP contribution in [0.2, 0.25) is 0 Å². The molecule has 3 unspecified atom stereocenters. The van der Waals surface area contributed by atoms with Crippen molar-refractivity contribution in [2.75, 3.05) is 0 Å². The van der Waals surface area contributed by atoms with E-state index in [1.54, 1.807) is 0 Å². The first-order valence-electron chi connectivity index (χ1n) is 13.3. The van der Waals surface area contributed by atoms with Crippen molar-refractivity contribution in [1.29, 1.82) is 0 Å². The smallest absolute Gasteiger partial charge is 0.303 e. The fraction of sp³-hybridized carbons (Fsp3) is 0.893. The summed E-state index contributed by atoms with van der Waals surface area (Å²) in [5.41, 5.74) is 0.228. The molecule has 0 heterocycles. The Labute approximate surface area is 200 Å². The van der Waals surface area contributed by atoms with Crippen molar-refractivity contribution in [3.8, 4) is 0 Å². The fourth-order valence-corrected chi connectivity index (χ4v) is 8.32. The summed E-state index contributed by atoms with van der Waals surface area (Å²) < 4.78 is 5.59. The first-order chi connectivity index (χ1) is 15.4. The number of carboxylic acid groups (broad SMARTS) is 1. The van der Waals surface area contributed by atoms with Gasteiger partial charge in [-0.1, -0.05) is 34.6 Å². The maximum atomic E-state index is 13.2. The second-order valence-corrected chi connectivity index (χ2v) is 12.2. The lowest BCUT2D eigenvalue weighted by Crippen LogP contribution is -2.52. The van der Waals surface area contributed by atoms with E-state index >= 15 is 0 Å². The number of rotatable bonds is 8. The van der Waals surface area contributed by atoms with Gasteiger partial charge in [-0.05, 0) is 91.8 Å². The molecule has 0 aromatic carbocycles. The lowest BCUT2D eigenvalue weighted by atomic mass is 9.50. The van der Waals surface area contributed by atoms with Gasteiger partial charge in [-0.2, -0.15) is 0 Å². The Balaban J connectivity index is 1.78. The Kier molecular flexibility index (Phi) is 8.01. The molecule has 0 radical (unpaired) electrons. The van der Waals surface area contributed by atoms with E-state index in [1.807, 2.05) is 0 Å². The molecule has 0 aromatic rings. The van der Waals surface area contributed by atoms with Crippen LogP contribution >= 0.6 is 0 Å². The van der Waals surface area contributed by atoms with Gasteiger partial charge in [0.05, 0.1) is 0 Å². The Bertz CT molecular complexity index is 747. The zero-order chi connectivity index (χ0) is 24.6. The predicted molar refractivity (Wildman–Crippen MR) is 129 cm³/mol. The van der Waals surface area contributed by atoms with Crippen molar-refractivity contribution in [2.45, 2.75) is 112 Å². The monoisotopic (exact) mass is 462 g/mol. The van der Waals surface area contributed by atoms with Gasteiger partial charge in [-0.15, -0.1) is 0 Å². The third kappa shape index (κ3) is 5.17. The molecule has 3 aliphatic carbocycles. The Hall–Kier alpha value is -1.39. The third-order valence-corrected chi connectivity index (χ3v) is 10.5. The van der Waals surface area contributed by atoms with Gasteiger partial charge in [0.15, 0.2) is 0 Å². The SMILES string of the molecule is CC[C@H]1C(=O)CC(CC[C@@]2(C)C(C)CC[C@@H]2[C@H](C)CC(=O)O)[C@@]2(C)CC[C@@H](OC(C)=O)CC12. The van der Waals surface area contributed by atoms with E-state index in [9.17, 15) is 19.5 Å². The second-order valence-electron chi connectivity index (χ2n) is 12.2. The van der Waals surface area contributed by atoms with Crippen LogP contribution in [0.3, 0.4) is 0 Å². The number of esters is 1. The van der Waals surface area contributed by atoms with Crippen LogP contribution in [0.15, 0.2) is 0 Å². The van der Waals surface area contributed by atoms with Crippen LogP contribution in [-0.2, 0) is 19.1 Å². The molecule has 0 aliphatic heterocycles. The molecular formula is C28H46O5. The van der Waals surface area contributed by atoms with Crippen LogP contribution in [0, 0.1) is 46.3 Å². The molecule has 3 fully saturated rings. The zero-order valence-electron chi connectivity index (χ0n) is 21.7. The van der Waals surface area contributed by atoms with Crippen molar-refractivity contribution < 1.29 is 24.2 Å². The van der Waals surface area contributed by atoms with E-state index in [4.69, 9.17) is 4.74 Å². The molecule has 0 aromatic heterocycles. The molecular weight excluding hydrogens is 416 g/mol.